The lowest BCUT2D eigenvalue weighted by atomic mass is 10.1. The highest BCUT2D eigenvalue weighted by Gasteiger charge is 2.20. The van der Waals surface area contributed by atoms with Crippen LogP contribution in [0.5, 0.6) is 5.75 Å². The third kappa shape index (κ3) is 4.28. The lowest BCUT2D eigenvalue weighted by Crippen LogP contribution is -2.32. The van der Waals surface area contributed by atoms with Crippen LogP contribution in [-0.4, -0.2) is 12.0 Å². The fourth-order valence-electron chi connectivity index (χ4n) is 2.11. The summed E-state index contributed by atoms with van der Waals surface area (Å²) in [5.74, 6) is -1.73. The van der Waals surface area contributed by atoms with Gasteiger partial charge in [-0.3, -0.25) is 4.79 Å². The lowest BCUT2D eigenvalue weighted by Gasteiger charge is -2.19. The first-order valence-corrected chi connectivity index (χ1v) is 7.40. The highest BCUT2D eigenvalue weighted by Crippen LogP contribution is 2.22. The summed E-state index contributed by atoms with van der Waals surface area (Å²) in [5.41, 5.74) is 2.15. The molecule has 1 unspecified atom stereocenters. The second-order valence-corrected chi connectivity index (χ2v) is 5.40. The van der Waals surface area contributed by atoms with Crippen LogP contribution in [-0.2, 0) is 4.79 Å². The van der Waals surface area contributed by atoms with E-state index < -0.39 is 23.6 Å². The molecule has 122 valence electrons. The number of amides is 1. The summed E-state index contributed by atoms with van der Waals surface area (Å²) in [7, 11) is 0. The number of rotatable bonds is 5. The molecule has 5 heteroatoms. The average Bonchev–Trinajstić information content (AvgIpc) is 2.51. The van der Waals surface area contributed by atoms with Crippen LogP contribution in [0, 0.1) is 25.5 Å². The predicted molar refractivity (Wildman–Crippen MR) is 85.6 cm³/mol. The van der Waals surface area contributed by atoms with Gasteiger partial charge in [0.05, 0.1) is 0 Å². The van der Waals surface area contributed by atoms with Crippen molar-refractivity contribution in [2.75, 3.05) is 5.32 Å². The van der Waals surface area contributed by atoms with E-state index in [9.17, 15) is 13.6 Å². The Morgan fingerprint density at radius 1 is 1.13 bits per heavy atom. The van der Waals surface area contributed by atoms with E-state index in [4.69, 9.17) is 4.74 Å². The van der Waals surface area contributed by atoms with Crippen LogP contribution in [0.4, 0.5) is 14.5 Å². The maximum Gasteiger partial charge on any atom is 0.265 e. The minimum Gasteiger partial charge on any atom is -0.480 e. The molecular formula is C18H19F2NO2. The van der Waals surface area contributed by atoms with Crippen molar-refractivity contribution in [3.05, 3.63) is 59.2 Å². The normalized spacial score (nSPS) is 11.9. The molecule has 0 heterocycles. The Bertz CT molecular complexity index is 716. The number of hydrogen-bond donors (Lipinski definition) is 1. The fourth-order valence-corrected chi connectivity index (χ4v) is 2.11. The highest BCUT2D eigenvalue weighted by molar-refractivity contribution is 5.94. The number of carbonyl (C=O) groups excluding carboxylic acids is 1. The van der Waals surface area contributed by atoms with Crippen molar-refractivity contribution in [2.24, 2.45) is 0 Å². The number of benzene rings is 2. The molecular weight excluding hydrogens is 300 g/mol. The molecule has 2 aromatic carbocycles. The Labute approximate surface area is 134 Å². The summed E-state index contributed by atoms with van der Waals surface area (Å²) in [4.78, 5) is 12.3. The Morgan fingerprint density at radius 3 is 2.52 bits per heavy atom. The molecule has 0 saturated heterocycles. The van der Waals surface area contributed by atoms with Crippen LogP contribution in [0.2, 0.25) is 0 Å². The molecule has 0 radical (unpaired) electrons. The first-order chi connectivity index (χ1) is 10.9. The summed E-state index contributed by atoms with van der Waals surface area (Å²) in [5, 5.41) is 2.54. The first kappa shape index (κ1) is 16.9. The van der Waals surface area contributed by atoms with Gasteiger partial charge in [0, 0.05) is 11.8 Å². The van der Waals surface area contributed by atoms with Crippen molar-refractivity contribution in [1.29, 1.82) is 0 Å². The zero-order chi connectivity index (χ0) is 17.0. The van der Waals surface area contributed by atoms with E-state index in [0.717, 1.165) is 23.3 Å². The van der Waals surface area contributed by atoms with Crippen molar-refractivity contribution in [3.63, 3.8) is 0 Å². The van der Waals surface area contributed by atoms with Crippen molar-refractivity contribution in [2.45, 2.75) is 33.3 Å². The van der Waals surface area contributed by atoms with Gasteiger partial charge in [-0.2, -0.15) is 0 Å². The SMILES string of the molecule is CCC(Oc1cc(C)ccc1C)C(=O)Nc1ccc(F)c(F)c1. The van der Waals surface area contributed by atoms with Gasteiger partial charge in [-0.1, -0.05) is 19.1 Å². The molecule has 0 saturated carbocycles. The Hall–Kier alpha value is -2.43. The van der Waals surface area contributed by atoms with E-state index in [1.165, 1.54) is 6.07 Å². The van der Waals surface area contributed by atoms with Gasteiger partial charge in [-0.05, 0) is 49.6 Å². The van der Waals surface area contributed by atoms with E-state index in [1.807, 2.05) is 39.0 Å². The van der Waals surface area contributed by atoms with Crippen LogP contribution >= 0.6 is 0 Å². The third-order valence-electron chi connectivity index (χ3n) is 3.46. The van der Waals surface area contributed by atoms with E-state index in [1.54, 1.807) is 0 Å². The molecule has 1 amide bonds. The van der Waals surface area contributed by atoms with Gasteiger partial charge in [0.25, 0.3) is 5.91 Å². The molecule has 2 rings (SSSR count). The van der Waals surface area contributed by atoms with Crippen molar-refractivity contribution in [3.8, 4) is 5.75 Å². The first-order valence-electron chi connectivity index (χ1n) is 7.40. The Morgan fingerprint density at radius 2 is 1.87 bits per heavy atom. The van der Waals surface area contributed by atoms with Crippen LogP contribution in [0.15, 0.2) is 36.4 Å². The summed E-state index contributed by atoms with van der Waals surface area (Å²) >= 11 is 0. The quantitative estimate of drug-likeness (QED) is 0.888. The third-order valence-corrected chi connectivity index (χ3v) is 3.46. The summed E-state index contributed by atoms with van der Waals surface area (Å²) in [6, 6.07) is 8.97. The van der Waals surface area contributed by atoms with E-state index >= 15 is 0 Å². The molecule has 0 aromatic heterocycles. The van der Waals surface area contributed by atoms with Crippen LogP contribution in [0.1, 0.15) is 24.5 Å². The van der Waals surface area contributed by atoms with Crippen molar-refractivity contribution in [1.82, 2.24) is 0 Å². The molecule has 2 aromatic rings. The van der Waals surface area contributed by atoms with Gasteiger partial charge in [0.15, 0.2) is 17.7 Å². The highest BCUT2D eigenvalue weighted by atomic mass is 19.2. The summed E-state index contributed by atoms with van der Waals surface area (Å²) < 4.78 is 31.9. The zero-order valence-corrected chi connectivity index (χ0v) is 13.3. The predicted octanol–water partition coefficient (Wildman–Crippen LogP) is 4.38. The molecule has 0 aliphatic rings. The molecule has 1 atom stereocenters. The molecule has 3 nitrogen and oxygen atoms in total. The second kappa shape index (κ2) is 7.22. The van der Waals surface area contributed by atoms with Gasteiger partial charge in [0.1, 0.15) is 5.75 Å². The van der Waals surface area contributed by atoms with Crippen molar-refractivity contribution >= 4 is 11.6 Å². The number of anilines is 1. The summed E-state index contributed by atoms with van der Waals surface area (Å²) in [6.45, 7) is 5.66. The minimum absolute atomic E-state index is 0.192. The number of ether oxygens (including phenoxy) is 1. The second-order valence-electron chi connectivity index (χ2n) is 5.40. The van der Waals surface area contributed by atoms with E-state index in [0.29, 0.717) is 12.2 Å². The van der Waals surface area contributed by atoms with Gasteiger partial charge in [-0.15, -0.1) is 0 Å². The zero-order valence-electron chi connectivity index (χ0n) is 13.3. The summed E-state index contributed by atoms with van der Waals surface area (Å²) in [6.07, 6.45) is -0.272. The maximum absolute atomic E-state index is 13.2. The molecule has 1 N–H and O–H groups in total. The van der Waals surface area contributed by atoms with E-state index in [-0.39, 0.29) is 5.69 Å². The molecule has 0 aliphatic carbocycles. The number of halogens is 2. The number of carbonyl (C=O) groups is 1. The number of nitrogens with one attached hydrogen (secondary N) is 1. The molecule has 0 fully saturated rings. The Kier molecular flexibility index (Phi) is 5.32. The van der Waals surface area contributed by atoms with Crippen LogP contribution in [0.3, 0.4) is 0 Å². The van der Waals surface area contributed by atoms with Crippen LogP contribution < -0.4 is 10.1 Å². The minimum atomic E-state index is -1.01. The van der Waals surface area contributed by atoms with Crippen LogP contribution in [0.25, 0.3) is 0 Å². The lowest BCUT2D eigenvalue weighted by molar-refractivity contribution is -0.122. The molecule has 0 bridgehead atoms. The molecule has 23 heavy (non-hydrogen) atoms. The number of aryl methyl sites for hydroxylation is 2. The smallest absolute Gasteiger partial charge is 0.265 e. The van der Waals surface area contributed by atoms with Gasteiger partial charge in [0.2, 0.25) is 0 Å². The standard InChI is InChI=1S/C18H19F2NO2/c1-4-16(23-17-9-11(2)5-6-12(17)3)18(22)21-13-7-8-14(19)15(20)10-13/h5-10,16H,4H2,1-3H3,(H,21,22). The topological polar surface area (TPSA) is 38.3 Å². The van der Waals surface area contributed by atoms with Gasteiger partial charge in [-0.25, -0.2) is 8.78 Å². The molecule has 0 spiro atoms. The molecule has 0 aliphatic heterocycles. The largest absolute Gasteiger partial charge is 0.480 e. The van der Waals surface area contributed by atoms with E-state index in [2.05, 4.69) is 5.32 Å². The monoisotopic (exact) mass is 319 g/mol. The fraction of sp³-hybridized carbons (Fsp3) is 0.278. The maximum atomic E-state index is 13.2. The van der Waals surface area contributed by atoms with Gasteiger partial charge >= 0.3 is 0 Å². The Balaban J connectivity index is 2.11. The average molecular weight is 319 g/mol. The van der Waals surface area contributed by atoms with Crippen molar-refractivity contribution < 1.29 is 18.3 Å². The van der Waals surface area contributed by atoms with Gasteiger partial charge < -0.3 is 10.1 Å². The number of hydrogen-bond acceptors (Lipinski definition) is 2.